The van der Waals surface area contributed by atoms with Crippen LogP contribution in [0.25, 0.3) is 0 Å². The Morgan fingerprint density at radius 3 is 1.82 bits per heavy atom. The van der Waals surface area contributed by atoms with E-state index in [9.17, 15) is 4.79 Å². The van der Waals surface area contributed by atoms with Crippen LogP contribution in [0.5, 0.6) is 6.01 Å². The van der Waals surface area contributed by atoms with E-state index in [0.29, 0.717) is 30.8 Å². The average molecular weight is 738 g/mol. The Labute approximate surface area is 316 Å². The van der Waals surface area contributed by atoms with Gasteiger partial charge in [0, 0.05) is 43.7 Å². The van der Waals surface area contributed by atoms with Crippen LogP contribution in [-0.2, 0) is 9.53 Å². The second-order valence-electron chi connectivity index (χ2n) is 14.3. The highest BCUT2D eigenvalue weighted by molar-refractivity contribution is 8.00. The second kappa shape index (κ2) is 31.4. The van der Waals surface area contributed by atoms with E-state index in [1.54, 1.807) is 23.5 Å². The molecular formula is C40H75N5O3S2. The summed E-state index contributed by atoms with van der Waals surface area (Å²) in [6.07, 6.45) is 28.5. The Balaban J connectivity index is 1.77. The topological polar surface area (TPSA) is 80.7 Å². The second-order valence-corrected chi connectivity index (χ2v) is 16.7. The molecule has 2 rings (SSSR count). The number of piperazine rings is 1. The van der Waals surface area contributed by atoms with Crippen molar-refractivity contribution in [3.05, 3.63) is 0 Å². The van der Waals surface area contributed by atoms with Gasteiger partial charge in [-0.2, -0.15) is 15.0 Å². The average Bonchev–Trinajstić information content (AvgIpc) is 3.11. The largest absolute Gasteiger partial charge is 0.466 e. The van der Waals surface area contributed by atoms with Gasteiger partial charge in [-0.25, -0.2) is 0 Å². The van der Waals surface area contributed by atoms with Crippen LogP contribution in [0.1, 0.15) is 168 Å². The molecule has 0 aromatic carbocycles. The van der Waals surface area contributed by atoms with Crippen molar-refractivity contribution in [1.82, 2.24) is 24.8 Å². The highest BCUT2D eigenvalue weighted by Gasteiger charge is 2.20. The van der Waals surface area contributed by atoms with Crippen LogP contribution in [0.3, 0.4) is 0 Å². The van der Waals surface area contributed by atoms with E-state index in [0.717, 1.165) is 82.2 Å². The van der Waals surface area contributed by atoms with Crippen molar-refractivity contribution < 1.29 is 14.3 Å². The number of aromatic nitrogens is 3. The van der Waals surface area contributed by atoms with E-state index in [-0.39, 0.29) is 11.2 Å². The fourth-order valence-corrected chi connectivity index (χ4v) is 8.23. The lowest BCUT2D eigenvalue weighted by atomic mass is 10.0. The monoisotopic (exact) mass is 738 g/mol. The Bertz CT molecular complexity index is 952. The zero-order chi connectivity index (χ0) is 35.9. The van der Waals surface area contributed by atoms with Crippen molar-refractivity contribution in [3.63, 3.8) is 0 Å². The molecule has 1 aromatic rings. The molecule has 8 nitrogen and oxygen atoms in total. The summed E-state index contributed by atoms with van der Waals surface area (Å²) < 4.78 is 11.6. The number of likely N-dealkylation sites (N-methyl/N-ethyl adjacent to an activating group) is 1. The lowest BCUT2D eigenvalue weighted by Gasteiger charge is -2.32. The number of hydrogen-bond donors (Lipinski definition) is 0. The summed E-state index contributed by atoms with van der Waals surface area (Å²) in [5, 5.41) is 1.48. The molecule has 0 saturated carbocycles. The van der Waals surface area contributed by atoms with Crippen LogP contribution in [0.2, 0.25) is 0 Å². The standard InChI is InChI=1S/C40H75N5O3S2/c1-5-8-10-11-12-13-14-15-16-17-18-19-20-21-22-24-34-49-39-41-38(48-33-25-27-45-30-28-44(4)29-31-45)42-40(43-39)50-36(26-23-9-6-2)35-37(46)47-32-7-3/h36H,5-35H2,1-4H3. The predicted octanol–water partition coefficient (Wildman–Crippen LogP) is 10.6. The third kappa shape index (κ3) is 24.2. The summed E-state index contributed by atoms with van der Waals surface area (Å²) in [5.41, 5.74) is 0. The van der Waals surface area contributed by atoms with Crippen molar-refractivity contribution >= 4 is 29.5 Å². The first kappa shape index (κ1) is 45.1. The molecule has 0 aliphatic carbocycles. The molecule has 1 unspecified atom stereocenters. The Morgan fingerprint density at radius 2 is 1.22 bits per heavy atom. The predicted molar refractivity (Wildman–Crippen MR) is 214 cm³/mol. The van der Waals surface area contributed by atoms with Crippen LogP contribution in [0, 0.1) is 0 Å². The van der Waals surface area contributed by atoms with Crippen molar-refractivity contribution in [3.8, 4) is 6.01 Å². The third-order valence-corrected chi connectivity index (χ3v) is 11.6. The molecule has 1 aliphatic rings. The molecule has 1 fully saturated rings. The molecular weight excluding hydrogens is 663 g/mol. The Kier molecular flexibility index (Phi) is 28.3. The molecule has 1 atom stereocenters. The van der Waals surface area contributed by atoms with Gasteiger partial charge in [-0.3, -0.25) is 4.79 Å². The molecule has 290 valence electrons. The number of hydrogen-bond acceptors (Lipinski definition) is 10. The minimum Gasteiger partial charge on any atom is -0.466 e. The number of rotatable bonds is 33. The number of ether oxygens (including phenoxy) is 2. The highest BCUT2D eigenvalue weighted by atomic mass is 32.2. The number of nitrogens with zero attached hydrogens (tertiary/aromatic N) is 5. The van der Waals surface area contributed by atoms with E-state index in [4.69, 9.17) is 24.4 Å². The van der Waals surface area contributed by atoms with Gasteiger partial charge in [0.1, 0.15) is 0 Å². The van der Waals surface area contributed by atoms with Crippen LogP contribution >= 0.6 is 23.5 Å². The summed E-state index contributed by atoms with van der Waals surface area (Å²) in [4.78, 5) is 31.7. The fraction of sp³-hybridized carbons (Fsp3) is 0.900. The normalized spacial score (nSPS) is 14.6. The highest BCUT2D eigenvalue weighted by Crippen LogP contribution is 2.30. The molecule has 0 amide bonds. The zero-order valence-corrected chi connectivity index (χ0v) is 34.4. The van der Waals surface area contributed by atoms with Crippen LogP contribution in [-0.4, -0.2) is 94.7 Å². The van der Waals surface area contributed by atoms with Crippen molar-refractivity contribution in [1.29, 1.82) is 0 Å². The summed E-state index contributed by atoms with van der Waals surface area (Å²) in [7, 11) is 2.19. The molecule has 1 saturated heterocycles. The van der Waals surface area contributed by atoms with Gasteiger partial charge in [-0.05, 0) is 32.7 Å². The van der Waals surface area contributed by atoms with E-state index in [2.05, 4.69) is 30.7 Å². The van der Waals surface area contributed by atoms with Gasteiger partial charge in [0.15, 0.2) is 10.3 Å². The Morgan fingerprint density at radius 1 is 0.660 bits per heavy atom. The quantitative estimate of drug-likeness (QED) is 0.0395. The number of carbonyl (C=O) groups excluding carboxylic acids is 1. The Hall–Kier alpha value is -1.10. The minimum absolute atomic E-state index is 0.0801. The summed E-state index contributed by atoms with van der Waals surface area (Å²) in [6.45, 7) is 13.1. The molecule has 50 heavy (non-hydrogen) atoms. The van der Waals surface area contributed by atoms with Crippen LogP contribution < -0.4 is 4.74 Å². The van der Waals surface area contributed by atoms with Crippen molar-refractivity contribution in [2.24, 2.45) is 0 Å². The summed E-state index contributed by atoms with van der Waals surface area (Å²) in [6, 6.07) is 0.413. The minimum atomic E-state index is -0.131. The zero-order valence-electron chi connectivity index (χ0n) is 32.8. The first-order chi connectivity index (χ1) is 24.5. The molecule has 0 radical (unpaired) electrons. The van der Waals surface area contributed by atoms with Crippen LogP contribution in [0.15, 0.2) is 10.3 Å². The van der Waals surface area contributed by atoms with Gasteiger partial charge in [0.25, 0.3) is 0 Å². The van der Waals surface area contributed by atoms with Gasteiger partial charge >= 0.3 is 12.0 Å². The number of thioether (sulfide) groups is 2. The SMILES string of the molecule is CCCCCCCCCCCCCCCCCCSc1nc(OCCCN2CCN(C)CC2)nc(SC(CCCCC)CC(=O)OCCC)n1. The summed E-state index contributed by atoms with van der Waals surface area (Å²) >= 11 is 3.30. The van der Waals surface area contributed by atoms with Gasteiger partial charge in [-0.15, -0.1) is 0 Å². The van der Waals surface area contributed by atoms with E-state index in [1.807, 2.05) is 6.92 Å². The molecule has 10 heteroatoms. The van der Waals surface area contributed by atoms with Gasteiger partial charge in [0.2, 0.25) is 0 Å². The van der Waals surface area contributed by atoms with Gasteiger partial charge < -0.3 is 19.3 Å². The van der Waals surface area contributed by atoms with Crippen molar-refractivity contribution in [2.45, 2.75) is 184 Å². The maximum Gasteiger partial charge on any atom is 0.321 e. The third-order valence-electron chi connectivity index (χ3n) is 9.51. The fourth-order valence-electron chi connectivity index (χ4n) is 6.27. The molecule has 0 N–H and O–H groups in total. The van der Waals surface area contributed by atoms with Crippen LogP contribution in [0.4, 0.5) is 0 Å². The molecule has 2 heterocycles. The first-order valence-electron chi connectivity index (χ1n) is 20.8. The lowest BCUT2D eigenvalue weighted by Crippen LogP contribution is -2.44. The van der Waals surface area contributed by atoms with Crippen molar-refractivity contribution in [2.75, 3.05) is 58.7 Å². The molecule has 1 aliphatic heterocycles. The maximum absolute atomic E-state index is 12.6. The van der Waals surface area contributed by atoms with Gasteiger partial charge in [0.05, 0.1) is 19.6 Å². The van der Waals surface area contributed by atoms with E-state index in [1.165, 1.54) is 103 Å². The molecule has 0 spiro atoms. The smallest absolute Gasteiger partial charge is 0.321 e. The first-order valence-corrected chi connectivity index (χ1v) is 22.6. The molecule has 0 bridgehead atoms. The number of unbranched alkanes of at least 4 members (excludes halogenated alkanes) is 17. The van der Waals surface area contributed by atoms with E-state index >= 15 is 0 Å². The summed E-state index contributed by atoms with van der Waals surface area (Å²) in [5.74, 6) is 0.868. The molecule has 1 aromatic heterocycles. The number of esters is 1. The number of carbonyl (C=O) groups is 1. The maximum atomic E-state index is 12.6. The van der Waals surface area contributed by atoms with Gasteiger partial charge in [-0.1, -0.05) is 160 Å². The lowest BCUT2D eigenvalue weighted by molar-refractivity contribution is -0.143. The van der Waals surface area contributed by atoms with E-state index < -0.39 is 0 Å².